The number of aryl methyl sites for hydroxylation is 2. The fraction of sp³-hybridized carbons (Fsp3) is 0.152. The fourth-order valence-corrected chi connectivity index (χ4v) is 4.73. The lowest BCUT2D eigenvalue weighted by atomic mass is 10.1. The summed E-state index contributed by atoms with van der Waals surface area (Å²) in [5.74, 6) is 1.17. The zero-order chi connectivity index (χ0) is 28.5. The molecule has 0 radical (unpaired) electrons. The number of hydrogen-bond acceptors (Lipinski definition) is 5. The van der Waals surface area contributed by atoms with Crippen molar-refractivity contribution in [1.29, 1.82) is 5.26 Å². The van der Waals surface area contributed by atoms with Crippen molar-refractivity contribution in [3.63, 3.8) is 0 Å². The van der Waals surface area contributed by atoms with Crippen LogP contribution in [0.1, 0.15) is 27.8 Å². The topological polar surface area (TPSA) is 80.6 Å². The van der Waals surface area contributed by atoms with E-state index >= 15 is 0 Å². The Kier molecular flexibility index (Phi) is 9.61. The molecular weight excluding hydrogens is 568 g/mol. The third-order valence-electron chi connectivity index (χ3n) is 5.95. The first kappa shape index (κ1) is 28.5. The Morgan fingerprint density at radius 2 is 1.57 bits per heavy atom. The predicted octanol–water partition coefficient (Wildman–Crippen LogP) is 7.78. The van der Waals surface area contributed by atoms with Gasteiger partial charge in [0, 0.05) is 5.69 Å². The van der Waals surface area contributed by atoms with Crippen LogP contribution >= 0.6 is 15.9 Å². The Morgan fingerprint density at radius 3 is 2.23 bits per heavy atom. The van der Waals surface area contributed by atoms with Crippen LogP contribution in [-0.4, -0.2) is 13.0 Å². The number of anilines is 1. The zero-order valence-electron chi connectivity index (χ0n) is 22.5. The van der Waals surface area contributed by atoms with Gasteiger partial charge in [-0.2, -0.15) is 5.26 Å². The number of nitrogens with zero attached hydrogens (tertiary/aromatic N) is 1. The average Bonchev–Trinajstić information content (AvgIpc) is 2.94. The molecule has 4 aromatic rings. The molecule has 4 aromatic carbocycles. The van der Waals surface area contributed by atoms with Gasteiger partial charge in [0.25, 0.3) is 5.91 Å². The molecule has 40 heavy (non-hydrogen) atoms. The van der Waals surface area contributed by atoms with Gasteiger partial charge in [-0.3, -0.25) is 4.79 Å². The highest BCUT2D eigenvalue weighted by Gasteiger charge is 2.15. The molecule has 6 nitrogen and oxygen atoms in total. The summed E-state index contributed by atoms with van der Waals surface area (Å²) in [7, 11) is 1.55. The molecule has 0 aromatic heterocycles. The van der Waals surface area contributed by atoms with E-state index in [4.69, 9.17) is 14.2 Å². The second-order valence-corrected chi connectivity index (χ2v) is 10.1. The van der Waals surface area contributed by atoms with Crippen LogP contribution in [0.15, 0.2) is 95.0 Å². The summed E-state index contributed by atoms with van der Waals surface area (Å²) >= 11 is 3.55. The van der Waals surface area contributed by atoms with Gasteiger partial charge in [0.15, 0.2) is 11.5 Å². The Morgan fingerprint density at radius 1 is 0.900 bits per heavy atom. The normalized spacial score (nSPS) is 10.9. The summed E-state index contributed by atoms with van der Waals surface area (Å²) in [5.41, 5.74) is 5.55. The van der Waals surface area contributed by atoms with Crippen LogP contribution in [0.5, 0.6) is 17.2 Å². The number of nitrogens with one attached hydrogen (secondary N) is 1. The maximum atomic E-state index is 12.9. The SMILES string of the molecule is COc1cc(/C=C(\C#N)C(=O)Nc2ccc(OCc3ccccc3)cc2)cc(Br)c1OCc1cc(C)cc(C)c1. The zero-order valence-corrected chi connectivity index (χ0v) is 24.1. The smallest absolute Gasteiger partial charge is 0.266 e. The number of ether oxygens (including phenoxy) is 3. The second kappa shape index (κ2) is 13.5. The van der Waals surface area contributed by atoms with Crippen molar-refractivity contribution in [2.24, 2.45) is 0 Å². The quantitative estimate of drug-likeness (QED) is 0.149. The van der Waals surface area contributed by atoms with E-state index in [-0.39, 0.29) is 5.57 Å². The first-order chi connectivity index (χ1) is 19.3. The van der Waals surface area contributed by atoms with E-state index in [0.717, 1.165) is 11.1 Å². The maximum absolute atomic E-state index is 12.9. The number of nitriles is 1. The van der Waals surface area contributed by atoms with Gasteiger partial charge in [-0.25, -0.2) is 0 Å². The molecular formula is C33H29BrN2O4. The van der Waals surface area contributed by atoms with Crippen molar-refractivity contribution in [2.45, 2.75) is 27.1 Å². The summed E-state index contributed by atoms with van der Waals surface area (Å²) in [6, 6.07) is 28.6. The van der Waals surface area contributed by atoms with Gasteiger partial charge >= 0.3 is 0 Å². The molecule has 0 aliphatic carbocycles. The largest absolute Gasteiger partial charge is 0.493 e. The molecule has 0 unspecified atom stereocenters. The van der Waals surface area contributed by atoms with E-state index < -0.39 is 5.91 Å². The summed E-state index contributed by atoms with van der Waals surface area (Å²) in [6.07, 6.45) is 1.51. The average molecular weight is 598 g/mol. The minimum atomic E-state index is -0.523. The minimum absolute atomic E-state index is 0.0535. The first-order valence-corrected chi connectivity index (χ1v) is 13.4. The molecule has 1 N–H and O–H groups in total. The fourth-order valence-electron chi connectivity index (χ4n) is 4.16. The molecule has 0 saturated heterocycles. The number of benzene rings is 4. The molecule has 0 heterocycles. The van der Waals surface area contributed by atoms with Crippen molar-refractivity contribution < 1.29 is 19.0 Å². The Hall–Kier alpha value is -4.54. The van der Waals surface area contributed by atoms with E-state index in [2.05, 4.69) is 39.4 Å². The first-order valence-electron chi connectivity index (χ1n) is 12.6. The molecule has 0 fully saturated rings. The molecule has 0 bridgehead atoms. The highest BCUT2D eigenvalue weighted by molar-refractivity contribution is 9.10. The van der Waals surface area contributed by atoms with Crippen LogP contribution in [0.25, 0.3) is 6.08 Å². The van der Waals surface area contributed by atoms with Crippen LogP contribution in [-0.2, 0) is 18.0 Å². The highest BCUT2D eigenvalue weighted by Crippen LogP contribution is 2.38. The van der Waals surface area contributed by atoms with E-state index in [1.54, 1.807) is 43.5 Å². The van der Waals surface area contributed by atoms with Gasteiger partial charge in [-0.05, 0) is 88.9 Å². The van der Waals surface area contributed by atoms with Crippen molar-refractivity contribution in [3.8, 4) is 23.3 Å². The molecule has 7 heteroatoms. The standard InChI is InChI=1S/C33H29BrN2O4/c1-22-13-23(2)15-26(14-22)21-40-32-30(34)17-25(18-31(32)38-3)16-27(19-35)33(37)36-28-9-11-29(12-10-28)39-20-24-7-5-4-6-8-24/h4-18H,20-21H2,1-3H3,(H,36,37)/b27-16+. The number of amides is 1. The lowest BCUT2D eigenvalue weighted by Crippen LogP contribution is -2.13. The summed E-state index contributed by atoms with van der Waals surface area (Å²) in [5, 5.41) is 12.5. The van der Waals surface area contributed by atoms with Crippen LogP contribution in [0.3, 0.4) is 0 Å². The molecule has 0 spiro atoms. The molecule has 202 valence electrons. The lowest BCUT2D eigenvalue weighted by molar-refractivity contribution is -0.112. The minimum Gasteiger partial charge on any atom is -0.493 e. The third-order valence-corrected chi connectivity index (χ3v) is 6.54. The van der Waals surface area contributed by atoms with Crippen LogP contribution < -0.4 is 19.5 Å². The van der Waals surface area contributed by atoms with Gasteiger partial charge < -0.3 is 19.5 Å². The highest BCUT2D eigenvalue weighted by atomic mass is 79.9. The third kappa shape index (κ3) is 7.75. The Balaban J connectivity index is 1.43. The van der Waals surface area contributed by atoms with Crippen molar-refractivity contribution in [1.82, 2.24) is 0 Å². The molecule has 0 aliphatic rings. The number of carbonyl (C=O) groups excluding carboxylic acids is 1. The number of hydrogen-bond donors (Lipinski definition) is 1. The Bertz CT molecular complexity index is 1540. The van der Waals surface area contributed by atoms with Gasteiger partial charge in [-0.15, -0.1) is 0 Å². The van der Waals surface area contributed by atoms with Crippen molar-refractivity contribution >= 4 is 33.6 Å². The monoisotopic (exact) mass is 596 g/mol. The van der Waals surface area contributed by atoms with Gasteiger partial charge in [-0.1, -0.05) is 59.7 Å². The number of halogens is 1. The summed E-state index contributed by atoms with van der Waals surface area (Å²) in [6.45, 7) is 4.92. The number of carbonyl (C=O) groups is 1. The van der Waals surface area contributed by atoms with Crippen molar-refractivity contribution in [2.75, 3.05) is 12.4 Å². The molecule has 4 rings (SSSR count). The molecule has 0 aliphatic heterocycles. The van der Waals surface area contributed by atoms with Crippen LogP contribution in [0.2, 0.25) is 0 Å². The lowest BCUT2D eigenvalue weighted by Gasteiger charge is -2.14. The number of methoxy groups -OCH3 is 1. The van der Waals surface area contributed by atoms with E-state index in [1.807, 2.05) is 50.2 Å². The van der Waals surface area contributed by atoms with Gasteiger partial charge in [0.2, 0.25) is 0 Å². The van der Waals surface area contributed by atoms with Crippen LogP contribution in [0, 0.1) is 25.2 Å². The van der Waals surface area contributed by atoms with Gasteiger partial charge in [0.1, 0.15) is 30.6 Å². The number of rotatable bonds is 10. The van der Waals surface area contributed by atoms with Gasteiger partial charge in [0.05, 0.1) is 11.6 Å². The second-order valence-electron chi connectivity index (χ2n) is 9.24. The van der Waals surface area contributed by atoms with E-state index in [1.165, 1.54) is 17.2 Å². The van der Waals surface area contributed by atoms with E-state index in [9.17, 15) is 10.1 Å². The van der Waals surface area contributed by atoms with Crippen LogP contribution in [0.4, 0.5) is 5.69 Å². The molecule has 1 amide bonds. The maximum Gasteiger partial charge on any atom is 0.266 e. The van der Waals surface area contributed by atoms with E-state index in [0.29, 0.717) is 46.2 Å². The molecule has 0 atom stereocenters. The summed E-state index contributed by atoms with van der Waals surface area (Å²) < 4.78 is 18.1. The Labute approximate surface area is 243 Å². The summed E-state index contributed by atoms with van der Waals surface area (Å²) in [4.78, 5) is 12.9. The predicted molar refractivity (Wildman–Crippen MR) is 160 cm³/mol. The molecule has 0 saturated carbocycles. The van der Waals surface area contributed by atoms with Crippen molar-refractivity contribution in [3.05, 3.63) is 123 Å².